The summed E-state index contributed by atoms with van der Waals surface area (Å²) < 4.78 is 1.55. The van der Waals surface area contributed by atoms with E-state index in [2.05, 4.69) is 11.6 Å². The zero-order chi connectivity index (χ0) is 18.7. The van der Waals surface area contributed by atoms with E-state index in [0.29, 0.717) is 33.2 Å². The molecule has 0 bridgehead atoms. The van der Waals surface area contributed by atoms with Gasteiger partial charge in [0.25, 0.3) is 5.56 Å². The Hall–Kier alpha value is -2.37. The molecule has 0 radical (unpaired) electrons. The summed E-state index contributed by atoms with van der Waals surface area (Å²) in [6.07, 6.45) is 1.65. The second-order valence-corrected chi connectivity index (χ2v) is 7.49. The topological polar surface area (TPSA) is 52.0 Å². The summed E-state index contributed by atoms with van der Waals surface area (Å²) in [6, 6.07) is 14.0. The second kappa shape index (κ2) is 7.89. The lowest BCUT2D eigenvalue weighted by Crippen LogP contribution is -2.24. The smallest absolute Gasteiger partial charge is 0.262 e. The normalized spacial score (nSPS) is 12.1. The number of carbonyl (C=O) groups excluding carboxylic acids is 1. The fourth-order valence-corrected chi connectivity index (χ4v) is 3.71. The minimum absolute atomic E-state index is 0.0424. The number of para-hydroxylation sites is 1. The number of fused-ring (bicyclic) bond motifs is 1. The van der Waals surface area contributed by atoms with Gasteiger partial charge in [0.1, 0.15) is 0 Å². The van der Waals surface area contributed by atoms with Gasteiger partial charge in [-0.2, -0.15) is 0 Å². The number of benzene rings is 2. The van der Waals surface area contributed by atoms with Gasteiger partial charge in [-0.05, 0) is 43.3 Å². The van der Waals surface area contributed by atoms with Crippen LogP contribution in [0.25, 0.3) is 10.9 Å². The van der Waals surface area contributed by atoms with Crippen molar-refractivity contribution in [2.75, 3.05) is 0 Å². The number of Topliss-reactive ketones (excluding diaryl/α,β-unsaturated/α-hetero) is 1. The fraction of sp³-hybridized carbons (Fsp3) is 0.150. The van der Waals surface area contributed by atoms with Crippen molar-refractivity contribution >= 4 is 40.0 Å². The maximum atomic E-state index is 12.8. The number of ketones is 1. The number of hydrogen-bond donors (Lipinski definition) is 0. The average Bonchev–Trinajstić information content (AvgIpc) is 2.65. The van der Waals surface area contributed by atoms with Crippen molar-refractivity contribution in [2.24, 2.45) is 0 Å². The summed E-state index contributed by atoms with van der Waals surface area (Å²) >= 11 is 7.15. The largest absolute Gasteiger partial charge is 0.293 e. The van der Waals surface area contributed by atoms with Crippen molar-refractivity contribution in [1.82, 2.24) is 9.55 Å². The maximum absolute atomic E-state index is 12.8. The van der Waals surface area contributed by atoms with Gasteiger partial charge in [0.15, 0.2) is 10.9 Å². The zero-order valence-corrected chi connectivity index (χ0v) is 15.8. The molecule has 1 heterocycles. The van der Waals surface area contributed by atoms with Crippen LogP contribution in [-0.2, 0) is 6.54 Å². The first kappa shape index (κ1) is 18.4. The van der Waals surface area contributed by atoms with Crippen molar-refractivity contribution < 1.29 is 4.79 Å². The van der Waals surface area contributed by atoms with Gasteiger partial charge in [-0.25, -0.2) is 4.98 Å². The number of halogens is 1. The Morgan fingerprint density at radius 1 is 1.27 bits per heavy atom. The van der Waals surface area contributed by atoms with E-state index in [9.17, 15) is 9.59 Å². The summed E-state index contributed by atoms with van der Waals surface area (Å²) in [5, 5.41) is 1.23. The highest BCUT2D eigenvalue weighted by Gasteiger charge is 2.20. The maximum Gasteiger partial charge on any atom is 0.262 e. The number of thioether (sulfide) groups is 1. The molecule has 1 aromatic heterocycles. The molecule has 0 spiro atoms. The lowest BCUT2D eigenvalue weighted by Gasteiger charge is -2.15. The molecule has 4 nitrogen and oxygen atoms in total. The third-order valence-electron chi connectivity index (χ3n) is 3.92. The van der Waals surface area contributed by atoms with Crippen LogP contribution in [0.3, 0.4) is 0 Å². The molecule has 6 heteroatoms. The zero-order valence-electron chi connectivity index (χ0n) is 14.2. The summed E-state index contributed by atoms with van der Waals surface area (Å²) in [4.78, 5) is 30.0. The number of nitrogens with zero attached hydrogens (tertiary/aromatic N) is 2. The number of rotatable bonds is 6. The van der Waals surface area contributed by atoms with Crippen molar-refractivity contribution in [1.29, 1.82) is 0 Å². The monoisotopic (exact) mass is 384 g/mol. The predicted molar refractivity (Wildman–Crippen MR) is 107 cm³/mol. The van der Waals surface area contributed by atoms with Crippen molar-refractivity contribution in [2.45, 2.75) is 23.9 Å². The van der Waals surface area contributed by atoms with Crippen molar-refractivity contribution in [3.8, 4) is 0 Å². The van der Waals surface area contributed by atoms with Crippen molar-refractivity contribution in [3.05, 3.63) is 82.1 Å². The molecule has 132 valence electrons. The summed E-state index contributed by atoms with van der Waals surface area (Å²) in [6.45, 7) is 5.85. The number of aromatic nitrogens is 2. The predicted octanol–water partition coefficient (Wildman–Crippen LogP) is 4.60. The van der Waals surface area contributed by atoms with Crippen LogP contribution in [-0.4, -0.2) is 20.6 Å². The Balaban J connectivity index is 1.97. The number of allylic oxidation sites excluding steroid dienone is 1. The van der Waals surface area contributed by atoms with Gasteiger partial charge < -0.3 is 0 Å². The van der Waals surface area contributed by atoms with Crippen LogP contribution in [0.5, 0.6) is 0 Å². The third kappa shape index (κ3) is 3.74. The van der Waals surface area contributed by atoms with Gasteiger partial charge >= 0.3 is 0 Å². The third-order valence-corrected chi connectivity index (χ3v) is 5.26. The van der Waals surface area contributed by atoms with E-state index in [4.69, 9.17) is 11.6 Å². The van der Waals surface area contributed by atoms with E-state index in [0.717, 1.165) is 0 Å². The summed E-state index contributed by atoms with van der Waals surface area (Å²) in [7, 11) is 0. The van der Waals surface area contributed by atoms with Gasteiger partial charge in [0.05, 0.1) is 16.2 Å². The van der Waals surface area contributed by atoms with Crippen LogP contribution in [0.2, 0.25) is 5.02 Å². The first-order valence-electron chi connectivity index (χ1n) is 8.08. The highest BCUT2D eigenvalue weighted by Crippen LogP contribution is 2.25. The van der Waals surface area contributed by atoms with Gasteiger partial charge in [-0.3, -0.25) is 14.2 Å². The van der Waals surface area contributed by atoms with Crippen LogP contribution in [0, 0.1) is 0 Å². The Bertz CT molecular complexity index is 1030. The molecular weight excluding hydrogens is 368 g/mol. The first-order chi connectivity index (χ1) is 12.5. The van der Waals surface area contributed by atoms with Crippen LogP contribution in [0.15, 0.2) is 71.1 Å². The van der Waals surface area contributed by atoms with Gasteiger partial charge in [0.2, 0.25) is 0 Å². The molecule has 0 unspecified atom stereocenters. The molecule has 0 amide bonds. The summed E-state index contributed by atoms with van der Waals surface area (Å²) in [5.41, 5.74) is 1.06. The molecule has 0 aliphatic heterocycles. The van der Waals surface area contributed by atoms with Crippen LogP contribution in [0.1, 0.15) is 17.3 Å². The molecule has 0 fully saturated rings. The average molecular weight is 385 g/mol. The molecule has 26 heavy (non-hydrogen) atoms. The van der Waals surface area contributed by atoms with E-state index in [-0.39, 0.29) is 11.3 Å². The summed E-state index contributed by atoms with van der Waals surface area (Å²) in [5.74, 6) is -0.0424. The lowest BCUT2D eigenvalue weighted by molar-refractivity contribution is 0.0994. The van der Waals surface area contributed by atoms with Crippen LogP contribution < -0.4 is 5.56 Å². The second-order valence-electron chi connectivity index (χ2n) is 5.75. The highest BCUT2D eigenvalue weighted by atomic mass is 35.5. The standard InChI is InChI=1S/C20H17ClN2O2S/c1-3-12-23-19(25)16-6-4-5-7-17(16)22-20(23)26-13(2)18(24)14-8-10-15(21)11-9-14/h3-11,13H,1,12H2,2H3/t13-/m1/s1. The molecule has 0 aliphatic carbocycles. The Morgan fingerprint density at radius 2 is 1.96 bits per heavy atom. The SMILES string of the molecule is C=CCn1c(S[C@H](C)C(=O)c2ccc(Cl)cc2)nc2ccccc2c1=O. The van der Waals surface area contributed by atoms with Gasteiger partial charge in [-0.15, -0.1) is 6.58 Å². The Labute approximate surface area is 160 Å². The van der Waals surface area contributed by atoms with E-state index in [1.807, 2.05) is 12.1 Å². The molecular formula is C20H17ClN2O2S. The van der Waals surface area contributed by atoms with E-state index in [1.54, 1.807) is 54.0 Å². The Kier molecular flexibility index (Phi) is 5.59. The van der Waals surface area contributed by atoms with Gasteiger partial charge in [-0.1, -0.05) is 41.6 Å². The number of carbonyl (C=O) groups is 1. The van der Waals surface area contributed by atoms with E-state index < -0.39 is 5.25 Å². The van der Waals surface area contributed by atoms with Crippen LogP contribution >= 0.6 is 23.4 Å². The first-order valence-corrected chi connectivity index (χ1v) is 9.34. The molecule has 0 saturated carbocycles. The lowest BCUT2D eigenvalue weighted by atomic mass is 10.1. The molecule has 0 saturated heterocycles. The number of hydrogen-bond acceptors (Lipinski definition) is 4. The van der Waals surface area contributed by atoms with Crippen LogP contribution in [0.4, 0.5) is 0 Å². The molecule has 2 aromatic carbocycles. The molecule has 1 atom stereocenters. The molecule has 3 rings (SSSR count). The van der Waals surface area contributed by atoms with Gasteiger partial charge in [0, 0.05) is 17.1 Å². The fourth-order valence-electron chi connectivity index (χ4n) is 2.59. The Morgan fingerprint density at radius 3 is 2.65 bits per heavy atom. The van der Waals surface area contributed by atoms with E-state index in [1.165, 1.54) is 11.8 Å². The van der Waals surface area contributed by atoms with Crippen molar-refractivity contribution in [3.63, 3.8) is 0 Å². The quantitative estimate of drug-likeness (QED) is 0.270. The molecule has 0 aliphatic rings. The highest BCUT2D eigenvalue weighted by molar-refractivity contribution is 8.00. The molecule has 3 aromatic rings. The minimum Gasteiger partial charge on any atom is -0.293 e. The van der Waals surface area contributed by atoms with E-state index >= 15 is 0 Å². The molecule has 0 N–H and O–H groups in total. The minimum atomic E-state index is -0.402.